The molecule has 19 heavy (non-hydrogen) atoms. The molecule has 5 heteroatoms. The van der Waals surface area contributed by atoms with Crippen molar-refractivity contribution in [1.82, 2.24) is 0 Å². The second-order valence-electron chi connectivity index (χ2n) is 4.05. The van der Waals surface area contributed by atoms with E-state index in [4.69, 9.17) is 9.84 Å². The molecule has 1 aromatic rings. The molecule has 0 radical (unpaired) electrons. The molecule has 0 bridgehead atoms. The van der Waals surface area contributed by atoms with Crippen molar-refractivity contribution in [3.8, 4) is 0 Å². The molecule has 0 amide bonds. The molecule has 1 rings (SSSR count). The zero-order valence-corrected chi connectivity index (χ0v) is 10.7. The molecule has 0 aliphatic heterocycles. The highest BCUT2D eigenvalue weighted by Gasteiger charge is 2.07. The van der Waals surface area contributed by atoms with Crippen LogP contribution in [-0.4, -0.2) is 22.8 Å². The number of hydrogen-bond donors (Lipinski definition) is 1. The first-order valence-electron chi connectivity index (χ1n) is 6.02. The monoisotopic (exact) mass is 264 g/mol. The topological polar surface area (TPSA) is 80.7 Å². The maximum Gasteiger partial charge on any atom is 0.335 e. The summed E-state index contributed by atoms with van der Waals surface area (Å²) >= 11 is 0. The molecule has 0 aromatic heterocycles. The minimum absolute atomic E-state index is 0.0303. The van der Waals surface area contributed by atoms with Gasteiger partial charge in [-0.05, 0) is 17.7 Å². The fraction of sp³-hybridized carbons (Fsp3) is 0.357. The SMILES string of the molecule is CCC(=O)CCC(=O)OCc1ccc(C(=O)O)cc1. The fourth-order valence-electron chi connectivity index (χ4n) is 1.40. The van der Waals surface area contributed by atoms with Crippen LogP contribution in [0.2, 0.25) is 0 Å². The maximum atomic E-state index is 11.3. The van der Waals surface area contributed by atoms with E-state index < -0.39 is 11.9 Å². The molecule has 0 saturated heterocycles. The standard InChI is InChI=1S/C14H16O5/c1-2-12(15)7-8-13(16)19-9-10-3-5-11(6-4-10)14(17)18/h3-6H,2,7-9H2,1H3,(H,17,18). The Morgan fingerprint density at radius 3 is 2.26 bits per heavy atom. The van der Waals surface area contributed by atoms with Crippen LogP contribution in [0.25, 0.3) is 0 Å². The van der Waals surface area contributed by atoms with Crippen LogP contribution in [0.15, 0.2) is 24.3 Å². The average Bonchev–Trinajstić information content (AvgIpc) is 2.42. The highest BCUT2D eigenvalue weighted by atomic mass is 16.5. The van der Waals surface area contributed by atoms with Crippen LogP contribution in [0.5, 0.6) is 0 Å². The van der Waals surface area contributed by atoms with E-state index in [2.05, 4.69) is 0 Å². The zero-order valence-electron chi connectivity index (χ0n) is 10.7. The first-order valence-corrected chi connectivity index (χ1v) is 6.02. The lowest BCUT2D eigenvalue weighted by Crippen LogP contribution is -2.07. The number of carbonyl (C=O) groups excluding carboxylic acids is 2. The molecule has 5 nitrogen and oxygen atoms in total. The van der Waals surface area contributed by atoms with Crippen molar-refractivity contribution >= 4 is 17.7 Å². The first-order chi connectivity index (χ1) is 9.02. The molecule has 0 aliphatic rings. The average molecular weight is 264 g/mol. The smallest absolute Gasteiger partial charge is 0.335 e. The van der Waals surface area contributed by atoms with Gasteiger partial charge in [0, 0.05) is 12.8 Å². The highest BCUT2D eigenvalue weighted by Crippen LogP contribution is 2.07. The quantitative estimate of drug-likeness (QED) is 0.763. The molecule has 1 N–H and O–H groups in total. The van der Waals surface area contributed by atoms with Gasteiger partial charge in [0.15, 0.2) is 0 Å². The number of aromatic carboxylic acids is 1. The third kappa shape index (κ3) is 5.33. The molecule has 0 fully saturated rings. The predicted molar refractivity (Wildman–Crippen MR) is 67.7 cm³/mol. The molecule has 0 heterocycles. The van der Waals surface area contributed by atoms with E-state index >= 15 is 0 Å². The zero-order chi connectivity index (χ0) is 14.3. The van der Waals surface area contributed by atoms with Crippen molar-refractivity contribution in [2.75, 3.05) is 0 Å². The van der Waals surface area contributed by atoms with Crippen molar-refractivity contribution in [3.63, 3.8) is 0 Å². The summed E-state index contributed by atoms with van der Waals surface area (Å²) in [4.78, 5) is 33.0. The Balaban J connectivity index is 2.37. The van der Waals surface area contributed by atoms with Crippen LogP contribution in [0, 0.1) is 0 Å². The fourth-order valence-corrected chi connectivity index (χ4v) is 1.40. The van der Waals surface area contributed by atoms with Crippen LogP contribution in [0.3, 0.4) is 0 Å². The Morgan fingerprint density at radius 2 is 1.74 bits per heavy atom. The number of Topliss-reactive ketones (excluding diaryl/α,β-unsaturated/α-hetero) is 1. The lowest BCUT2D eigenvalue weighted by atomic mass is 10.1. The molecule has 0 aliphatic carbocycles. The molecule has 1 aromatic carbocycles. The van der Waals surface area contributed by atoms with Crippen LogP contribution >= 0.6 is 0 Å². The molecule has 0 saturated carbocycles. The minimum Gasteiger partial charge on any atom is -0.478 e. The van der Waals surface area contributed by atoms with Crippen molar-refractivity contribution in [1.29, 1.82) is 0 Å². The van der Waals surface area contributed by atoms with Crippen LogP contribution in [-0.2, 0) is 20.9 Å². The van der Waals surface area contributed by atoms with E-state index in [-0.39, 0.29) is 30.8 Å². The van der Waals surface area contributed by atoms with Crippen LogP contribution in [0.4, 0.5) is 0 Å². The van der Waals surface area contributed by atoms with Gasteiger partial charge in [-0.2, -0.15) is 0 Å². The van der Waals surface area contributed by atoms with E-state index in [0.29, 0.717) is 12.0 Å². The summed E-state index contributed by atoms with van der Waals surface area (Å²) in [6, 6.07) is 6.08. The minimum atomic E-state index is -0.998. The number of rotatable bonds is 7. The van der Waals surface area contributed by atoms with Gasteiger partial charge in [0.1, 0.15) is 12.4 Å². The van der Waals surface area contributed by atoms with Gasteiger partial charge in [-0.1, -0.05) is 19.1 Å². The summed E-state index contributed by atoms with van der Waals surface area (Å²) in [6.07, 6.45) is 0.705. The molecular formula is C14H16O5. The second-order valence-corrected chi connectivity index (χ2v) is 4.05. The molecule has 0 spiro atoms. The number of ether oxygens (including phenoxy) is 1. The number of benzene rings is 1. The Morgan fingerprint density at radius 1 is 1.11 bits per heavy atom. The van der Waals surface area contributed by atoms with Crippen LogP contribution in [0.1, 0.15) is 42.1 Å². The van der Waals surface area contributed by atoms with Gasteiger partial charge in [0.25, 0.3) is 0 Å². The number of carboxylic acids is 1. The second kappa shape index (κ2) is 7.31. The summed E-state index contributed by atoms with van der Waals surface area (Å²) in [6.45, 7) is 1.83. The number of ketones is 1. The van der Waals surface area contributed by atoms with Gasteiger partial charge in [0.2, 0.25) is 0 Å². The molecule has 0 atom stereocenters. The molecule has 0 unspecified atom stereocenters. The number of esters is 1. The van der Waals surface area contributed by atoms with Crippen molar-refractivity contribution in [2.24, 2.45) is 0 Å². The normalized spacial score (nSPS) is 9.95. The van der Waals surface area contributed by atoms with Gasteiger partial charge in [-0.15, -0.1) is 0 Å². The van der Waals surface area contributed by atoms with E-state index in [1.54, 1.807) is 19.1 Å². The van der Waals surface area contributed by atoms with Gasteiger partial charge >= 0.3 is 11.9 Å². The van der Waals surface area contributed by atoms with Gasteiger partial charge in [0.05, 0.1) is 12.0 Å². The van der Waals surface area contributed by atoms with Crippen LogP contribution < -0.4 is 0 Å². The summed E-state index contributed by atoms with van der Waals surface area (Å²) in [5.74, 6) is -1.39. The number of carbonyl (C=O) groups is 3. The third-order valence-electron chi connectivity index (χ3n) is 2.60. The predicted octanol–water partition coefficient (Wildman–Crippen LogP) is 2.19. The lowest BCUT2D eigenvalue weighted by molar-refractivity contribution is -0.146. The third-order valence-corrected chi connectivity index (χ3v) is 2.60. The summed E-state index contributed by atoms with van der Waals surface area (Å²) in [7, 11) is 0. The van der Waals surface area contributed by atoms with Crippen molar-refractivity contribution < 1.29 is 24.2 Å². The Labute approximate surface area is 111 Å². The Kier molecular flexibility index (Phi) is 5.73. The Hall–Kier alpha value is -2.17. The van der Waals surface area contributed by atoms with Crippen molar-refractivity contribution in [3.05, 3.63) is 35.4 Å². The van der Waals surface area contributed by atoms with Gasteiger partial charge < -0.3 is 9.84 Å². The summed E-state index contributed by atoms with van der Waals surface area (Å²) in [5, 5.41) is 8.72. The lowest BCUT2D eigenvalue weighted by Gasteiger charge is -2.05. The van der Waals surface area contributed by atoms with Gasteiger partial charge in [-0.3, -0.25) is 9.59 Å². The van der Waals surface area contributed by atoms with E-state index in [0.717, 1.165) is 0 Å². The van der Waals surface area contributed by atoms with Crippen molar-refractivity contribution in [2.45, 2.75) is 32.8 Å². The Bertz CT molecular complexity index is 461. The van der Waals surface area contributed by atoms with E-state index in [9.17, 15) is 14.4 Å². The first kappa shape index (κ1) is 14.9. The summed E-state index contributed by atoms with van der Waals surface area (Å²) in [5.41, 5.74) is 0.892. The van der Waals surface area contributed by atoms with E-state index in [1.165, 1.54) is 12.1 Å². The largest absolute Gasteiger partial charge is 0.478 e. The van der Waals surface area contributed by atoms with Gasteiger partial charge in [-0.25, -0.2) is 4.79 Å². The number of carboxylic acid groups (broad SMARTS) is 1. The van der Waals surface area contributed by atoms with E-state index in [1.807, 2.05) is 0 Å². The number of hydrogen-bond acceptors (Lipinski definition) is 4. The maximum absolute atomic E-state index is 11.3. The summed E-state index contributed by atoms with van der Waals surface area (Å²) < 4.78 is 4.98. The molecular weight excluding hydrogens is 248 g/mol. The molecule has 102 valence electrons. The highest BCUT2D eigenvalue weighted by molar-refractivity contribution is 5.87.